The summed E-state index contributed by atoms with van der Waals surface area (Å²) in [4.78, 5) is 18.5. The first-order valence-electron chi connectivity index (χ1n) is 7.85. The van der Waals surface area contributed by atoms with E-state index >= 15 is 0 Å². The molecule has 1 aromatic rings. The third kappa shape index (κ3) is 3.55. The zero-order chi connectivity index (χ0) is 17.5. The van der Waals surface area contributed by atoms with Gasteiger partial charge in [-0.25, -0.2) is 8.42 Å². The molecule has 2 aliphatic rings. The molecular formula is C16H19BrN2O3S2. The molecule has 8 heteroatoms. The summed E-state index contributed by atoms with van der Waals surface area (Å²) in [5.41, 5.74) is 0.867. The van der Waals surface area contributed by atoms with E-state index in [0.717, 1.165) is 16.6 Å². The summed E-state index contributed by atoms with van der Waals surface area (Å²) in [6, 6.07) is 7.49. The van der Waals surface area contributed by atoms with E-state index in [1.54, 1.807) is 0 Å². The average molecular weight is 431 g/mol. The van der Waals surface area contributed by atoms with E-state index in [1.165, 1.54) is 11.8 Å². The summed E-state index contributed by atoms with van der Waals surface area (Å²) in [6.07, 6.45) is 0.736. The lowest BCUT2D eigenvalue weighted by Gasteiger charge is -2.24. The van der Waals surface area contributed by atoms with Crippen molar-refractivity contribution in [1.82, 2.24) is 0 Å². The molecule has 0 bridgehead atoms. The lowest BCUT2D eigenvalue weighted by atomic mass is 10.1. The van der Waals surface area contributed by atoms with Gasteiger partial charge in [-0.3, -0.25) is 4.79 Å². The summed E-state index contributed by atoms with van der Waals surface area (Å²) >= 11 is 4.82. The second-order valence-corrected chi connectivity index (χ2v) is 10.5. The monoisotopic (exact) mass is 430 g/mol. The van der Waals surface area contributed by atoms with Crippen molar-refractivity contribution in [1.29, 1.82) is 0 Å². The van der Waals surface area contributed by atoms with E-state index < -0.39 is 9.84 Å². The van der Waals surface area contributed by atoms with Gasteiger partial charge in [-0.05, 0) is 30.7 Å². The van der Waals surface area contributed by atoms with Crippen molar-refractivity contribution >= 4 is 54.3 Å². The smallest absolute Gasteiger partial charge is 0.250 e. The Hall–Kier alpha value is -0.860. The number of anilines is 1. The van der Waals surface area contributed by atoms with Gasteiger partial charge in [0, 0.05) is 21.3 Å². The minimum absolute atomic E-state index is 0.0675. The van der Waals surface area contributed by atoms with Crippen LogP contribution in [0.5, 0.6) is 0 Å². The minimum atomic E-state index is -3.04. The Balaban J connectivity index is 1.98. The van der Waals surface area contributed by atoms with Gasteiger partial charge in [-0.2, -0.15) is 4.99 Å². The van der Waals surface area contributed by atoms with Gasteiger partial charge in [0.2, 0.25) is 0 Å². The SMILES string of the molecule is CC[C@@H](C)C(=O)N=C1S[C@H]2CS(=O)(=O)C[C@@H]2N1c1ccc(Br)cc1. The molecule has 2 aliphatic heterocycles. The molecular weight excluding hydrogens is 412 g/mol. The van der Waals surface area contributed by atoms with Crippen molar-refractivity contribution in [2.75, 3.05) is 16.4 Å². The standard InChI is InChI=1S/C16H19BrN2O3S2/c1-3-10(2)15(20)18-16-19(12-6-4-11(17)5-7-12)13-8-24(21,22)9-14(13)23-16/h4-7,10,13-14H,3,8-9H2,1-2H3/t10-,13+,14+/m1/s1. The molecule has 0 aromatic heterocycles. The highest BCUT2D eigenvalue weighted by atomic mass is 79.9. The number of aliphatic imine (C=N–C) groups is 1. The molecule has 0 unspecified atom stereocenters. The Bertz CT molecular complexity index is 777. The van der Waals surface area contributed by atoms with Crippen LogP contribution < -0.4 is 4.90 Å². The average Bonchev–Trinajstić information content (AvgIpc) is 2.98. The van der Waals surface area contributed by atoms with Gasteiger partial charge in [0.05, 0.1) is 17.5 Å². The molecule has 2 heterocycles. The van der Waals surface area contributed by atoms with Crippen LogP contribution in [0.3, 0.4) is 0 Å². The van der Waals surface area contributed by atoms with Crippen molar-refractivity contribution in [3.05, 3.63) is 28.7 Å². The molecule has 2 fully saturated rings. The van der Waals surface area contributed by atoms with Crippen molar-refractivity contribution in [2.24, 2.45) is 10.9 Å². The molecule has 24 heavy (non-hydrogen) atoms. The first-order valence-corrected chi connectivity index (χ1v) is 11.3. The van der Waals surface area contributed by atoms with E-state index in [0.29, 0.717) is 5.17 Å². The Morgan fingerprint density at radius 2 is 2.04 bits per heavy atom. The number of amides is 1. The number of rotatable bonds is 3. The van der Waals surface area contributed by atoms with Crippen molar-refractivity contribution < 1.29 is 13.2 Å². The molecule has 0 aliphatic carbocycles. The fourth-order valence-corrected chi connectivity index (χ4v) is 7.03. The quantitative estimate of drug-likeness (QED) is 0.736. The Morgan fingerprint density at radius 3 is 2.67 bits per heavy atom. The van der Waals surface area contributed by atoms with E-state index in [9.17, 15) is 13.2 Å². The summed E-state index contributed by atoms with van der Waals surface area (Å²) in [7, 11) is -3.04. The number of nitrogens with zero attached hydrogens (tertiary/aromatic N) is 2. The molecule has 0 saturated carbocycles. The Morgan fingerprint density at radius 1 is 1.38 bits per heavy atom. The zero-order valence-corrected chi connectivity index (χ0v) is 16.7. The number of carbonyl (C=O) groups is 1. The molecule has 1 aromatic carbocycles. The predicted molar refractivity (Wildman–Crippen MR) is 102 cm³/mol. The number of carbonyl (C=O) groups excluding carboxylic acids is 1. The summed E-state index contributed by atoms with van der Waals surface area (Å²) in [6.45, 7) is 3.82. The third-order valence-corrected chi connectivity index (χ3v) is 8.15. The number of hydrogen-bond acceptors (Lipinski definition) is 4. The van der Waals surface area contributed by atoms with Gasteiger partial charge in [0.15, 0.2) is 15.0 Å². The fraction of sp³-hybridized carbons (Fsp3) is 0.500. The van der Waals surface area contributed by atoms with Crippen molar-refractivity contribution in [3.63, 3.8) is 0 Å². The number of benzene rings is 1. The summed E-state index contributed by atoms with van der Waals surface area (Å²) in [5.74, 6) is -0.0256. The first-order chi connectivity index (χ1) is 11.3. The number of thioether (sulfide) groups is 1. The van der Waals surface area contributed by atoms with Crippen LogP contribution in [-0.4, -0.2) is 42.3 Å². The molecule has 3 atom stereocenters. The first kappa shape index (κ1) is 17.9. The second kappa shape index (κ2) is 6.80. The van der Waals surface area contributed by atoms with Crippen LogP contribution in [0.25, 0.3) is 0 Å². The van der Waals surface area contributed by atoms with Crippen LogP contribution >= 0.6 is 27.7 Å². The molecule has 3 rings (SSSR count). The van der Waals surface area contributed by atoms with Crippen LogP contribution in [0.2, 0.25) is 0 Å². The lowest BCUT2D eigenvalue weighted by Crippen LogP contribution is -2.37. The molecule has 5 nitrogen and oxygen atoms in total. The number of amidine groups is 1. The van der Waals surface area contributed by atoms with Gasteiger partial charge in [-0.15, -0.1) is 0 Å². The highest BCUT2D eigenvalue weighted by Crippen LogP contribution is 2.41. The van der Waals surface area contributed by atoms with Gasteiger partial charge in [0.25, 0.3) is 5.91 Å². The third-order valence-electron chi connectivity index (χ3n) is 4.41. The highest BCUT2D eigenvalue weighted by molar-refractivity contribution is 9.10. The van der Waals surface area contributed by atoms with Gasteiger partial charge < -0.3 is 4.90 Å². The van der Waals surface area contributed by atoms with Crippen LogP contribution in [0, 0.1) is 5.92 Å². The van der Waals surface area contributed by atoms with Gasteiger partial charge >= 0.3 is 0 Å². The molecule has 0 N–H and O–H groups in total. The van der Waals surface area contributed by atoms with Gasteiger partial charge in [0.1, 0.15) is 0 Å². The minimum Gasteiger partial charge on any atom is -0.316 e. The molecule has 0 radical (unpaired) electrons. The number of sulfone groups is 1. The van der Waals surface area contributed by atoms with Crippen molar-refractivity contribution in [2.45, 2.75) is 31.6 Å². The second-order valence-electron chi connectivity index (χ2n) is 6.19. The van der Waals surface area contributed by atoms with Crippen LogP contribution in [0.15, 0.2) is 33.7 Å². The maximum absolute atomic E-state index is 12.3. The molecule has 130 valence electrons. The van der Waals surface area contributed by atoms with E-state index in [4.69, 9.17) is 0 Å². The largest absolute Gasteiger partial charge is 0.316 e. The topological polar surface area (TPSA) is 66.8 Å². The van der Waals surface area contributed by atoms with Gasteiger partial charge in [-0.1, -0.05) is 41.5 Å². The van der Waals surface area contributed by atoms with Crippen LogP contribution in [0.4, 0.5) is 5.69 Å². The zero-order valence-electron chi connectivity index (χ0n) is 13.5. The highest BCUT2D eigenvalue weighted by Gasteiger charge is 2.49. The number of fused-ring (bicyclic) bond motifs is 1. The maximum Gasteiger partial charge on any atom is 0.250 e. The Labute approximate surface area is 155 Å². The summed E-state index contributed by atoms with van der Waals surface area (Å²) < 4.78 is 25.0. The van der Waals surface area contributed by atoms with Crippen LogP contribution in [0.1, 0.15) is 20.3 Å². The van der Waals surface area contributed by atoms with E-state index in [2.05, 4.69) is 20.9 Å². The molecule has 2 saturated heterocycles. The van der Waals surface area contributed by atoms with Crippen LogP contribution in [-0.2, 0) is 14.6 Å². The summed E-state index contributed by atoms with van der Waals surface area (Å²) in [5, 5.41) is 0.551. The maximum atomic E-state index is 12.3. The van der Waals surface area contributed by atoms with Crippen molar-refractivity contribution in [3.8, 4) is 0 Å². The van der Waals surface area contributed by atoms with E-state index in [-0.39, 0.29) is 34.6 Å². The fourth-order valence-electron chi connectivity index (χ4n) is 2.85. The Kier molecular flexibility index (Phi) is 5.09. The normalized spacial score (nSPS) is 28.1. The number of hydrogen-bond donors (Lipinski definition) is 0. The van der Waals surface area contributed by atoms with E-state index in [1.807, 2.05) is 43.0 Å². The predicted octanol–water partition coefficient (Wildman–Crippen LogP) is 3.10. The molecule has 1 amide bonds. The lowest BCUT2D eigenvalue weighted by molar-refractivity contribution is -0.121. The number of halogens is 1. The molecule has 0 spiro atoms.